The normalized spacial score (nSPS) is 17.9. The molecule has 2 rings (SSSR count). The fourth-order valence-corrected chi connectivity index (χ4v) is 3.34. The van der Waals surface area contributed by atoms with Gasteiger partial charge in [-0.15, -0.1) is 0 Å². The van der Waals surface area contributed by atoms with Crippen LogP contribution < -0.4 is 4.43 Å². The molecule has 0 fully saturated rings. The summed E-state index contributed by atoms with van der Waals surface area (Å²) < 4.78 is 6.46. The first-order valence-electron chi connectivity index (χ1n) is 7.28. The number of nitrogens with zero attached hydrogens (tertiary/aromatic N) is 1. The first-order chi connectivity index (χ1) is 9.26. The summed E-state index contributed by atoms with van der Waals surface area (Å²) in [5.41, 5.74) is 3.04. The van der Waals surface area contributed by atoms with Gasteiger partial charge in [-0.1, -0.05) is 38.1 Å². The van der Waals surface area contributed by atoms with Crippen LogP contribution >= 0.6 is 0 Å². The highest BCUT2D eigenvalue weighted by molar-refractivity contribution is 6.74. The summed E-state index contributed by atoms with van der Waals surface area (Å²) >= 11 is 0. The van der Waals surface area contributed by atoms with Crippen molar-refractivity contribution in [3.63, 3.8) is 0 Å². The van der Waals surface area contributed by atoms with Crippen LogP contribution in [0.1, 0.15) is 44.7 Å². The third-order valence-electron chi connectivity index (χ3n) is 4.58. The van der Waals surface area contributed by atoms with Crippen molar-refractivity contribution in [2.45, 2.75) is 58.2 Å². The molecule has 1 N–H and O–H groups in total. The Labute approximate surface area is 122 Å². The summed E-state index contributed by atoms with van der Waals surface area (Å²) in [4.78, 5) is 0. The Kier molecular flexibility index (Phi) is 3.96. The van der Waals surface area contributed by atoms with Crippen LogP contribution in [0.4, 0.5) is 0 Å². The van der Waals surface area contributed by atoms with E-state index in [1.165, 1.54) is 5.56 Å². The van der Waals surface area contributed by atoms with E-state index in [0.29, 0.717) is 0 Å². The second-order valence-electron chi connectivity index (χ2n) is 7.04. The van der Waals surface area contributed by atoms with Crippen molar-refractivity contribution in [1.29, 1.82) is 0 Å². The lowest BCUT2D eigenvalue weighted by atomic mass is 9.89. The molecule has 1 aliphatic rings. The van der Waals surface area contributed by atoms with Crippen LogP contribution in [0, 0.1) is 0 Å². The van der Waals surface area contributed by atoms with E-state index in [-0.39, 0.29) is 5.04 Å². The van der Waals surface area contributed by atoms with Crippen LogP contribution in [0.5, 0.6) is 5.75 Å². The molecule has 20 heavy (non-hydrogen) atoms. The summed E-state index contributed by atoms with van der Waals surface area (Å²) in [5, 5.41) is 12.8. The lowest BCUT2D eigenvalue weighted by molar-refractivity contribution is 0.317. The summed E-state index contributed by atoms with van der Waals surface area (Å²) in [6, 6.07) is 6.08. The Bertz CT molecular complexity index is 530. The Morgan fingerprint density at radius 1 is 1.20 bits per heavy atom. The monoisotopic (exact) mass is 291 g/mol. The molecule has 1 aromatic rings. The maximum Gasteiger partial charge on any atom is 0.250 e. The second-order valence-corrected chi connectivity index (χ2v) is 11.8. The van der Waals surface area contributed by atoms with Crippen molar-refractivity contribution in [1.82, 2.24) is 0 Å². The average Bonchev–Trinajstić information content (AvgIpc) is 2.36. The smallest absolute Gasteiger partial charge is 0.250 e. The van der Waals surface area contributed by atoms with Gasteiger partial charge in [0.25, 0.3) is 0 Å². The average molecular weight is 291 g/mol. The van der Waals surface area contributed by atoms with Crippen LogP contribution in [0.2, 0.25) is 18.1 Å². The summed E-state index contributed by atoms with van der Waals surface area (Å²) in [7, 11) is -1.84. The molecule has 0 atom stereocenters. The molecule has 0 aliphatic heterocycles. The maximum absolute atomic E-state index is 9.15. The zero-order valence-electron chi connectivity index (χ0n) is 13.2. The number of hydrogen-bond acceptors (Lipinski definition) is 3. The molecule has 0 unspecified atom stereocenters. The van der Waals surface area contributed by atoms with Crippen molar-refractivity contribution in [3.8, 4) is 5.75 Å². The van der Waals surface area contributed by atoms with Gasteiger partial charge >= 0.3 is 0 Å². The van der Waals surface area contributed by atoms with E-state index in [0.717, 1.165) is 36.3 Å². The van der Waals surface area contributed by atoms with Gasteiger partial charge in [-0.3, -0.25) is 0 Å². The lowest BCUT2D eigenvalue weighted by Crippen LogP contribution is -2.44. The van der Waals surface area contributed by atoms with Crippen molar-refractivity contribution in [3.05, 3.63) is 29.3 Å². The minimum absolute atomic E-state index is 0.179. The quantitative estimate of drug-likeness (QED) is 0.492. The molecule has 3 nitrogen and oxygen atoms in total. The van der Waals surface area contributed by atoms with Crippen molar-refractivity contribution in [2.24, 2.45) is 5.16 Å². The van der Waals surface area contributed by atoms with Crippen molar-refractivity contribution < 1.29 is 9.63 Å². The summed E-state index contributed by atoms with van der Waals surface area (Å²) in [6.07, 6.45) is 2.86. The minimum atomic E-state index is -1.84. The molecular weight excluding hydrogens is 266 g/mol. The van der Waals surface area contributed by atoms with Gasteiger partial charge in [0.2, 0.25) is 8.32 Å². The Morgan fingerprint density at radius 2 is 1.90 bits per heavy atom. The summed E-state index contributed by atoms with van der Waals surface area (Å²) in [6.45, 7) is 11.3. The largest absolute Gasteiger partial charge is 0.543 e. The van der Waals surface area contributed by atoms with Gasteiger partial charge in [-0.05, 0) is 43.5 Å². The van der Waals surface area contributed by atoms with E-state index in [9.17, 15) is 0 Å². The molecular formula is C16H25NO2Si. The first-order valence-corrected chi connectivity index (χ1v) is 10.2. The fraction of sp³-hybridized carbons (Fsp3) is 0.562. The third-order valence-corrected chi connectivity index (χ3v) is 8.92. The molecule has 0 aromatic heterocycles. The lowest BCUT2D eigenvalue weighted by Gasteiger charge is -2.37. The number of fused-ring (bicyclic) bond motifs is 1. The molecule has 0 heterocycles. The minimum Gasteiger partial charge on any atom is -0.543 e. The molecule has 110 valence electrons. The maximum atomic E-state index is 9.15. The second kappa shape index (κ2) is 5.24. The van der Waals surface area contributed by atoms with E-state index in [1.807, 2.05) is 12.1 Å². The van der Waals surface area contributed by atoms with Crippen LogP contribution in [-0.2, 0) is 6.42 Å². The number of oxime groups is 1. The molecule has 4 heteroatoms. The van der Waals surface area contributed by atoms with E-state index >= 15 is 0 Å². The number of benzene rings is 1. The highest BCUT2D eigenvalue weighted by atomic mass is 28.4. The van der Waals surface area contributed by atoms with Gasteiger partial charge in [0, 0.05) is 11.1 Å². The third kappa shape index (κ3) is 2.75. The van der Waals surface area contributed by atoms with Crippen LogP contribution in [0.15, 0.2) is 23.4 Å². The van der Waals surface area contributed by atoms with E-state index < -0.39 is 8.32 Å². The van der Waals surface area contributed by atoms with Gasteiger partial charge < -0.3 is 9.63 Å². The summed E-state index contributed by atoms with van der Waals surface area (Å²) in [5.74, 6) is 0.981. The SMILES string of the molecule is CC(C)(C)[Si](C)(C)Oc1cccc2c1CCC/C2=N\O. The Balaban J connectivity index is 2.40. The van der Waals surface area contributed by atoms with Gasteiger partial charge in [-0.25, -0.2) is 0 Å². The van der Waals surface area contributed by atoms with Crippen LogP contribution in [0.3, 0.4) is 0 Å². The van der Waals surface area contributed by atoms with E-state index in [1.54, 1.807) is 0 Å². The van der Waals surface area contributed by atoms with Crippen molar-refractivity contribution >= 4 is 14.0 Å². The molecule has 0 radical (unpaired) electrons. The standard InChI is InChI=1S/C16H25NO2Si/c1-16(2,3)20(4,5)19-15-11-7-8-12-13(15)9-6-10-14(12)17-18/h7-8,11,18H,6,9-10H2,1-5H3/b17-14+. The first kappa shape index (κ1) is 15.1. The van der Waals surface area contributed by atoms with Gasteiger partial charge in [0.15, 0.2) is 0 Å². The van der Waals surface area contributed by atoms with Crippen LogP contribution in [0.25, 0.3) is 0 Å². The zero-order valence-corrected chi connectivity index (χ0v) is 14.2. The topological polar surface area (TPSA) is 41.8 Å². The molecule has 1 aliphatic carbocycles. The fourth-order valence-electron chi connectivity index (χ4n) is 2.29. The van der Waals surface area contributed by atoms with Crippen LogP contribution in [-0.4, -0.2) is 19.2 Å². The number of hydrogen-bond donors (Lipinski definition) is 1. The van der Waals surface area contributed by atoms with Crippen molar-refractivity contribution in [2.75, 3.05) is 0 Å². The highest BCUT2D eigenvalue weighted by Gasteiger charge is 2.39. The predicted molar refractivity (Wildman–Crippen MR) is 85.5 cm³/mol. The van der Waals surface area contributed by atoms with Gasteiger partial charge in [0.05, 0.1) is 5.71 Å². The Hall–Kier alpha value is -1.29. The Morgan fingerprint density at radius 3 is 2.50 bits per heavy atom. The molecule has 0 amide bonds. The highest BCUT2D eigenvalue weighted by Crippen LogP contribution is 2.39. The molecule has 0 saturated carbocycles. The zero-order chi connectivity index (χ0) is 15.0. The predicted octanol–water partition coefficient (Wildman–Crippen LogP) is 4.59. The van der Waals surface area contributed by atoms with Gasteiger partial charge in [0.1, 0.15) is 5.75 Å². The van der Waals surface area contributed by atoms with Gasteiger partial charge in [-0.2, -0.15) is 0 Å². The molecule has 0 bridgehead atoms. The van der Waals surface area contributed by atoms with E-state index in [2.05, 4.69) is 45.1 Å². The molecule has 0 spiro atoms. The molecule has 1 aromatic carbocycles. The molecule has 0 saturated heterocycles. The van der Waals surface area contributed by atoms with E-state index in [4.69, 9.17) is 9.63 Å². The number of rotatable bonds is 2.